The predicted octanol–water partition coefficient (Wildman–Crippen LogP) is 15.2. The highest BCUT2D eigenvalue weighted by Gasteiger charge is 2.74. The zero-order valence-corrected chi connectivity index (χ0v) is 36.6. The standard InChI is InChI=1S/C52H90/c1-11-33(12-2)37-27-44(34(13-3)14-4)50(32(9)10)52(29-37)46-28-42(30(5)6)39-21-17-18-22-40(39)48(46)49-47-36(25-43(31(7)8)51(49)52)26-45-38-20-16-15-19-35(38)23-24-41(45)47/h30-51H,11-29H2,1-10H3. The molecular weight excluding hydrogens is 625 g/mol. The van der Waals surface area contributed by atoms with Crippen LogP contribution in [0.5, 0.6) is 0 Å². The molecule has 8 rings (SSSR count). The van der Waals surface area contributed by atoms with E-state index < -0.39 is 0 Å². The van der Waals surface area contributed by atoms with Gasteiger partial charge in [-0.1, -0.05) is 127 Å². The van der Waals surface area contributed by atoms with E-state index in [1.165, 1.54) is 32.1 Å². The van der Waals surface area contributed by atoms with Crippen LogP contribution in [-0.4, -0.2) is 0 Å². The van der Waals surface area contributed by atoms with Crippen molar-refractivity contribution < 1.29 is 0 Å². The van der Waals surface area contributed by atoms with Crippen molar-refractivity contribution in [3.05, 3.63) is 0 Å². The smallest absolute Gasteiger partial charge is 0.0196 e. The van der Waals surface area contributed by atoms with Crippen LogP contribution in [0.3, 0.4) is 0 Å². The van der Waals surface area contributed by atoms with Crippen molar-refractivity contribution in [3.8, 4) is 0 Å². The lowest BCUT2D eigenvalue weighted by Gasteiger charge is -2.63. The Labute approximate surface area is 325 Å². The zero-order valence-electron chi connectivity index (χ0n) is 36.6. The molecule has 298 valence electrons. The maximum Gasteiger partial charge on any atom is -0.0196 e. The van der Waals surface area contributed by atoms with Crippen LogP contribution in [0.4, 0.5) is 0 Å². The predicted molar refractivity (Wildman–Crippen MR) is 224 cm³/mol. The number of hydrogen-bond donors (Lipinski definition) is 0. The molecule has 8 aliphatic carbocycles. The quantitative estimate of drug-likeness (QED) is 0.223. The average Bonchev–Trinajstić information content (AvgIpc) is 3.65. The van der Waals surface area contributed by atoms with Crippen molar-refractivity contribution in [1.82, 2.24) is 0 Å². The van der Waals surface area contributed by atoms with E-state index in [1.807, 2.05) is 0 Å². The monoisotopic (exact) mass is 715 g/mol. The summed E-state index contributed by atoms with van der Waals surface area (Å²) in [6.07, 6.45) is 29.6. The van der Waals surface area contributed by atoms with E-state index in [9.17, 15) is 0 Å². The van der Waals surface area contributed by atoms with Crippen LogP contribution in [0.15, 0.2) is 0 Å². The first-order valence-electron chi connectivity index (χ1n) is 25.1. The fraction of sp³-hybridized carbons (Fsp3) is 1.00. The molecule has 0 aromatic heterocycles. The van der Waals surface area contributed by atoms with Gasteiger partial charge in [-0.25, -0.2) is 0 Å². The van der Waals surface area contributed by atoms with E-state index >= 15 is 0 Å². The van der Waals surface area contributed by atoms with Gasteiger partial charge in [-0.2, -0.15) is 0 Å². The Morgan fingerprint density at radius 2 is 1.08 bits per heavy atom. The van der Waals surface area contributed by atoms with Gasteiger partial charge in [0.25, 0.3) is 0 Å². The Bertz CT molecular complexity index is 1170. The van der Waals surface area contributed by atoms with Crippen molar-refractivity contribution in [2.24, 2.45) is 136 Å². The number of fused-ring (bicyclic) bond motifs is 13. The van der Waals surface area contributed by atoms with Gasteiger partial charge in [0, 0.05) is 0 Å². The minimum absolute atomic E-state index is 0.581. The van der Waals surface area contributed by atoms with Gasteiger partial charge in [-0.15, -0.1) is 0 Å². The maximum absolute atomic E-state index is 2.78. The van der Waals surface area contributed by atoms with Gasteiger partial charge < -0.3 is 0 Å². The third-order valence-electron chi connectivity index (χ3n) is 21.2. The molecule has 0 N–H and O–H groups in total. The SMILES string of the molecule is CCC(CC)C1CC(C(CC)CC)C(C(C)C)C2(C1)C1CC(C(C)C)C3CCCCC3C1C1C3C(CC4C5CCCCC5CCC43)CC(C(C)C)C12. The van der Waals surface area contributed by atoms with Crippen molar-refractivity contribution >= 4 is 0 Å². The van der Waals surface area contributed by atoms with Gasteiger partial charge in [-0.3, -0.25) is 0 Å². The molecule has 0 aromatic carbocycles. The summed E-state index contributed by atoms with van der Waals surface area (Å²) >= 11 is 0. The highest BCUT2D eigenvalue weighted by Crippen LogP contribution is 2.80. The van der Waals surface area contributed by atoms with Crippen molar-refractivity contribution in [2.45, 2.75) is 191 Å². The van der Waals surface area contributed by atoms with Crippen molar-refractivity contribution in [3.63, 3.8) is 0 Å². The van der Waals surface area contributed by atoms with E-state index in [-0.39, 0.29) is 0 Å². The molecule has 0 aliphatic heterocycles. The highest BCUT2D eigenvalue weighted by molar-refractivity contribution is 5.22. The van der Waals surface area contributed by atoms with E-state index in [0.717, 1.165) is 130 Å². The second kappa shape index (κ2) is 15.4. The van der Waals surface area contributed by atoms with Gasteiger partial charge in [0.2, 0.25) is 0 Å². The maximum atomic E-state index is 2.78. The lowest BCUT2D eigenvalue weighted by molar-refractivity contribution is -0.153. The lowest BCUT2D eigenvalue weighted by Crippen LogP contribution is -2.57. The molecule has 52 heavy (non-hydrogen) atoms. The van der Waals surface area contributed by atoms with E-state index in [1.54, 1.807) is 89.9 Å². The zero-order chi connectivity index (χ0) is 36.6. The summed E-state index contributed by atoms with van der Waals surface area (Å²) in [6, 6.07) is 0. The molecule has 0 nitrogen and oxygen atoms in total. The second-order valence-electron chi connectivity index (χ2n) is 23.3. The molecular formula is C52H90. The Kier molecular flexibility index (Phi) is 11.5. The Morgan fingerprint density at radius 1 is 0.462 bits per heavy atom. The molecule has 8 fully saturated rings. The van der Waals surface area contributed by atoms with Crippen LogP contribution in [0.2, 0.25) is 0 Å². The van der Waals surface area contributed by atoms with Crippen LogP contribution in [0, 0.1) is 136 Å². The van der Waals surface area contributed by atoms with Gasteiger partial charge in [0.15, 0.2) is 0 Å². The summed E-state index contributed by atoms with van der Waals surface area (Å²) < 4.78 is 0. The third-order valence-corrected chi connectivity index (χ3v) is 21.2. The second-order valence-corrected chi connectivity index (χ2v) is 23.3. The molecule has 0 amide bonds. The first-order chi connectivity index (χ1) is 25.1. The minimum atomic E-state index is 0.581. The Balaban J connectivity index is 1.34. The summed E-state index contributed by atoms with van der Waals surface area (Å²) in [5, 5.41) is 0. The highest BCUT2D eigenvalue weighted by atomic mass is 14.8. The third kappa shape index (κ3) is 5.95. The Hall–Kier alpha value is 0. The molecule has 1 spiro atoms. The van der Waals surface area contributed by atoms with Gasteiger partial charge in [0.05, 0.1) is 0 Å². The molecule has 8 saturated carbocycles. The van der Waals surface area contributed by atoms with Gasteiger partial charge in [-0.05, 0) is 200 Å². The summed E-state index contributed by atoms with van der Waals surface area (Å²) in [4.78, 5) is 0. The summed E-state index contributed by atoms with van der Waals surface area (Å²) in [6.45, 7) is 26.8. The van der Waals surface area contributed by atoms with Crippen molar-refractivity contribution in [1.29, 1.82) is 0 Å². The molecule has 0 saturated heterocycles. The van der Waals surface area contributed by atoms with Gasteiger partial charge >= 0.3 is 0 Å². The molecule has 0 aromatic rings. The van der Waals surface area contributed by atoms with E-state index in [0.29, 0.717) is 5.41 Å². The Morgan fingerprint density at radius 3 is 1.71 bits per heavy atom. The minimum Gasteiger partial charge on any atom is -0.0651 e. The number of rotatable bonds is 9. The first-order valence-corrected chi connectivity index (χ1v) is 25.1. The van der Waals surface area contributed by atoms with Crippen LogP contribution in [0.1, 0.15) is 191 Å². The molecule has 0 bridgehead atoms. The lowest BCUT2D eigenvalue weighted by atomic mass is 9.41. The fourth-order valence-corrected chi connectivity index (χ4v) is 20.0. The molecule has 8 aliphatic rings. The number of hydrogen-bond acceptors (Lipinski definition) is 0. The van der Waals surface area contributed by atoms with Crippen LogP contribution >= 0.6 is 0 Å². The normalized spacial score (nSPS) is 50.0. The molecule has 18 atom stereocenters. The van der Waals surface area contributed by atoms with E-state index in [2.05, 4.69) is 69.2 Å². The van der Waals surface area contributed by atoms with Gasteiger partial charge in [0.1, 0.15) is 0 Å². The van der Waals surface area contributed by atoms with Crippen LogP contribution in [0.25, 0.3) is 0 Å². The molecule has 0 heteroatoms. The molecule has 18 unspecified atom stereocenters. The summed E-state index contributed by atoms with van der Waals surface area (Å²) in [7, 11) is 0. The van der Waals surface area contributed by atoms with Crippen molar-refractivity contribution in [2.75, 3.05) is 0 Å². The molecule has 0 radical (unpaired) electrons. The molecule has 0 heterocycles. The van der Waals surface area contributed by atoms with E-state index in [4.69, 9.17) is 0 Å². The first kappa shape index (κ1) is 38.9. The summed E-state index contributed by atoms with van der Waals surface area (Å²) in [5.74, 6) is 22.1. The van der Waals surface area contributed by atoms with Crippen LogP contribution in [-0.2, 0) is 0 Å². The largest absolute Gasteiger partial charge is 0.0651 e. The fourth-order valence-electron chi connectivity index (χ4n) is 20.0. The average molecular weight is 715 g/mol. The topological polar surface area (TPSA) is 0 Å². The van der Waals surface area contributed by atoms with Crippen LogP contribution < -0.4 is 0 Å². The summed E-state index contributed by atoms with van der Waals surface area (Å²) in [5.41, 5.74) is 0.581.